The van der Waals surface area contributed by atoms with E-state index in [2.05, 4.69) is 10.00 Å². The maximum Gasteiger partial charge on any atom is 0.290 e. The van der Waals surface area contributed by atoms with Crippen LogP contribution >= 0.6 is 0 Å². The first kappa shape index (κ1) is 22.4. The van der Waals surface area contributed by atoms with Crippen molar-refractivity contribution < 1.29 is 19.4 Å². The van der Waals surface area contributed by atoms with Gasteiger partial charge in [-0.15, -0.1) is 0 Å². The third kappa shape index (κ3) is 7.95. The molecule has 1 aromatic heterocycles. The lowest BCUT2D eigenvalue weighted by molar-refractivity contribution is -0.135. The average Bonchev–Trinajstić information content (AvgIpc) is 3.12. The molecule has 29 heavy (non-hydrogen) atoms. The van der Waals surface area contributed by atoms with E-state index in [1.807, 2.05) is 59.1 Å². The van der Waals surface area contributed by atoms with Crippen LogP contribution in [0.2, 0.25) is 0 Å². The molecule has 0 saturated carbocycles. The first-order valence-electron chi connectivity index (χ1n) is 9.88. The molecule has 0 bridgehead atoms. The van der Waals surface area contributed by atoms with Crippen LogP contribution in [-0.4, -0.2) is 76.4 Å². The number of para-hydroxylation sites is 1. The summed E-state index contributed by atoms with van der Waals surface area (Å²) >= 11 is 0. The molecule has 8 heteroatoms. The van der Waals surface area contributed by atoms with Gasteiger partial charge in [-0.3, -0.25) is 19.2 Å². The Balaban J connectivity index is 0.000000941. The molecule has 8 nitrogen and oxygen atoms in total. The van der Waals surface area contributed by atoms with Crippen molar-refractivity contribution in [3.63, 3.8) is 0 Å². The van der Waals surface area contributed by atoms with E-state index in [1.165, 1.54) is 0 Å². The van der Waals surface area contributed by atoms with E-state index in [-0.39, 0.29) is 18.3 Å². The highest BCUT2D eigenvalue weighted by molar-refractivity contribution is 5.78. The van der Waals surface area contributed by atoms with Gasteiger partial charge in [-0.25, -0.2) is 0 Å². The number of carbonyl (C=O) groups excluding carboxylic acids is 1. The van der Waals surface area contributed by atoms with Crippen LogP contribution in [0.15, 0.2) is 48.8 Å². The summed E-state index contributed by atoms with van der Waals surface area (Å²) in [4.78, 5) is 25.5. The van der Waals surface area contributed by atoms with Gasteiger partial charge in [0.15, 0.2) is 0 Å². The summed E-state index contributed by atoms with van der Waals surface area (Å²) in [5, 5.41) is 11.1. The Hall–Kier alpha value is -2.87. The molecule has 158 valence electrons. The number of carbonyl (C=O) groups is 2. The van der Waals surface area contributed by atoms with E-state index in [0.717, 1.165) is 44.9 Å². The van der Waals surface area contributed by atoms with Crippen molar-refractivity contribution in [2.45, 2.75) is 19.9 Å². The second-order valence-electron chi connectivity index (χ2n) is 6.92. The van der Waals surface area contributed by atoms with Crippen LogP contribution in [0.3, 0.4) is 0 Å². The highest BCUT2D eigenvalue weighted by atomic mass is 16.5. The van der Waals surface area contributed by atoms with Gasteiger partial charge in [-0.2, -0.15) is 5.10 Å². The van der Waals surface area contributed by atoms with Crippen molar-refractivity contribution in [2.24, 2.45) is 5.92 Å². The minimum Gasteiger partial charge on any atom is -0.492 e. The molecule has 2 aromatic rings. The third-order valence-electron chi connectivity index (χ3n) is 4.76. The molecule has 3 rings (SSSR count). The van der Waals surface area contributed by atoms with Gasteiger partial charge in [-0.05, 0) is 24.6 Å². The van der Waals surface area contributed by atoms with E-state index in [9.17, 15) is 4.79 Å². The Kier molecular flexibility index (Phi) is 9.71. The number of hydrogen-bond donors (Lipinski definition) is 1. The fourth-order valence-corrected chi connectivity index (χ4v) is 3.30. The Morgan fingerprint density at radius 3 is 2.66 bits per heavy atom. The van der Waals surface area contributed by atoms with E-state index in [4.69, 9.17) is 14.6 Å². The van der Waals surface area contributed by atoms with Crippen molar-refractivity contribution in [3.8, 4) is 5.75 Å². The van der Waals surface area contributed by atoms with E-state index in [0.29, 0.717) is 13.2 Å². The van der Waals surface area contributed by atoms with E-state index < -0.39 is 0 Å². The lowest BCUT2D eigenvalue weighted by atomic mass is 10.1. The highest BCUT2D eigenvalue weighted by Gasteiger charge is 2.23. The number of benzene rings is 1. The quantitative estimate of drug-likeness (QED) is 0.711. The van der Waals surface area contributed by atoms with Crippen LogP contribution in [0.5, 0.6) is 5.75 Å². The predicted molar refractivity (Wildman–Crippen MR) is 110 cm³/mol. The highest BCUT2D eigenvalue weighted by Crippen LogP contribution is 2.11. The standard InChI is InChI=1S/C20H28N4O2.CH2O2/c1-18(17-24-12-5-9-21-24)20(25)23-11-6-10-22(13-14-23)15-16-26-19-7-3-2-4-8-19;2-1-3/h2-5,7-9,12,18H,6,10-11,13-17H2,1H3;1H,(H,2,3). The molecule has 1 aliphatic rings. The molecule has 1 aromatic carbocycles. The number of hydrogen-bond acceptors (Lipinski definition) is 5. The molecule has 1 atom stereocenters. The SMILES string of the molecule is CC(Cn1cccn1)C(=O)N1CCCN(CCOc2ccccc2)CC1.O=CO. The molecule has 1 unspecified atom stereocenters. The zero-order valence-electron chi connectivity index (χ0n) is 16.9. The van der Waals surface area contributed by atoms with Crippen LogP contribution in [0.1, 0.15) is 13.3 Å². The number of amides is 1. The fraction of sp³-hybridized carbons (Fsp3) is 0.476. The van der Waals surface area contributed by atoms with Crippen LogP contribution in [0.4, 0.5) is 0 Å². The molecule has 1 aliphatic heterocycles. The zero-order valence-corrected chi connectivity index (χ0v) is 16.9. The normalized spacial score (nSPS) is 15.6. The number of ether oxygens (including phenoxy) is 1. The van der Waals surface area contributed by atoms with Crippen molar-refractivity contribution in [3.05, 3.63) is 48.8 Å². The van der Waals surface area contributed by atoms with Gasteiger partial charge in [-0.1, -0.05) is 25.1 Å². The molecule has 1 N–H and O–H groups in total. The molecule has 1 amide bonds. The maximum absolute atomic E-state index is 12.7. The summed E-state index contributed by atoms with van der Waals surface area (Å²) in [6.07, 6.45) is 4.66. The van der Waals surface area contributed by atoms with Crippen LogP contribution in [0.25, 0.3) is 0 Å². The zero-order chi connectivity index (χ0) is 20.9. The number of rotatable bonds is 7. The molecular formula is C21H30N4O4. The van der Waals surface area contributed by atoms with Gasteiger partial charge in [0, 0.05) is 45.1 Å². The minimum absolute atomic E-state index is 0.0529. The van der Waals surface area contributed by atoms with Crippen LogP contribution in [-0.2, 0) is 16.1 Å². The molecule has 0 aliphatic carbocycles. The van der Waals surface area contributed by atoms with Gasteiger partial charge < -0.3 is 14.7 Å². The Bertz CT molecular complexity index is 709. The number of aromatic nitrogens is 2. The molecule has 1 saturated heterocycles. The number of nitrogens with zero attached hydrogens (tertiary/aromatic N) is 4. The van der Waals surface area contributed by atoms with Crippen LogP contribution < -0.4 is 4.74 Å². The Labute approximate surface area is 171 Å². The summed E-state index contributed by atoms with van der Waals surface area (Å²) < 4.78 is 7.62. The minimum atomic E-state index is -0.250. The van der Waals surface area contributed by atoms with E-state index >= 15 is 0 Å². The lowest BCUT2D eigenvalue weighted by Gasteiger charge is -2.24. The van der Waals surface area contributed by atoms with Crippen molar-refractivity contribution in [1.82, 2.24) is 19.6 Å². The third-order valence-corrected chi connectivity index (χ3v) is 4.76. The molecule has 0 spiro atoms. The van der Waals surface area contributed by atoms with Crippen molar-refractivity contribution >= 4 is 12.4 Å². The topological polar surface area (TPSA) is 87.9 Å². The summed E-state index contributed by atoms with van der Waals surface area (Å²) in [6.45, 7) is 7.46. The van der Waals surface area contributed by atoms with Gasteiger partial charge in [0.25, 0.3) is 6.47 Å². The van der Waals surface area contributed by atoms with Crippen molar-refractivity contribution in [1.29, 1.82) is 0 Å². The summed E-state index contributed by atoms with van der Waals surface area (Å²) in [6, 6.07) is 11.8. The smallest absolute Gasteiger partial charge is 0.290 e. The van der Waals surface area contributed by atoms with E-state index in [1.54, 1.807) is 6.20 Å². The summed E-state index contributed by atoms with van der Waals surface area (Å²) in [5.74, 6) is 1.08. The molecular weight excluding hydrogens is 372 g/mol. The Morgan fingerprint density at radius 2 is 1.97 bits per heavy atom. The average molecular weight is 402 g/mol. The summed E-state index contributed by atoms with van der Waals surface area (Å²) in [7, 11) is 0. The maximum atomic E-state index is 12.7. The van der Waals surface area contributed by atoms with Gasteiger partial charge >= 0.3 is 0 Å². The van der Waals surface area contributed by atoms with Crippen LogP contribution in [0, 0.1) is 5.92 Å². The second kappa shape index (κ2) is 12.6. The predicted octanol–water partition coefficient (Wildman–Crippen LogP) is 1.83. The first-order chi connectivity index (χ1) is 14.1. The number of carboxylic acid groups (broad SMARTS) is 1. The molecule has 2 heterocycles. The fourth-order valence-electron chi connectivity index (χ4n) is 3.30. The Morgan fingerprint density at radius 1 is 1.21 bits per heavy atom. The lowest BCUT2D eigenvalue weighted by Crippen LogP contribution is -2.39. The van der Waals surface area contributed by atoms with Gasteiger partial charge in [0.1, 0.15) is 12.4 Å². The second-order valence-corrected chi connectivity index (χ2v) is 6.92. The summed E-state index contributed by atoms with van der Waals surface area (Å²) in [5.41, 5.74) is 0. The molecule has 1 fully saturated rings. The first-order valence-corrected chi connectivity index (χ1v) is 9.88. The monoisotopic (exact) mass is 402 g/mol. The molecule has 0 radical (unpaired) electrons. The largest absolute Gasteiger partial charge is 0.492 e. The van der Waals surface area contributed by atoms with Gasteiger partial charge in [0.2, 0.25) is 5.91 Å². The van der Waals surface area contributed by atoms with Crippen molar-refractivity contribution in [2.75, 3.05) is 39.3 Å². The van der Waals surface area contributed by atoms with Gasteiger partial charge in [0.05, 0.1) is 12.5 Å².